The third-order valence-electron chi connectivity index (χ3n) is 3.96. The summed E-state index contributed by atoms with van der Waals surface area (Å²) in [6.45, 7) is 2.33. The summed E-state index contributed by atoms with van der Waals surface area (Å²) in [5.74, 6) is 0.0416. The van der Waals surface area contributed by atoms with Crippen LogP contribution < -0.4 is 10.5 Å². The Morgan fingerprint density at radius 3 is 2.81 bits per heavy atom. The van der Waals surface area contributed by atoms with Crippen LogP contribution in [-0.2, 0) is 6.54 Å². The highest BCUT2D eigenvalue weighted by molar-refractivity contribution is 9.10. The van der Waals surface area contributed by atoms with E-state index in [9.17, 15) is 20.0 Å². The summed E-state index contributed by atoms with van der Waals surface area (Å²) in [6.07, 6.45) is 1.44. The number of hydrogen-bond acceptors (Lipinski definition) is 6. The molecule has 0 atom stereocenters. The Balaban J connectivity index is 2.17. The van der Waals surface area contributed by atoms with Crippen molar-refractivity contribution >= 4 is 33.1 Å². The number of aromatic nitrogens is 2. The molecule has 0 radical (unpaired) electrons. The van der Waals surface area contributed by atoms with Crippen molar-refractivity contribution in [1.82, 2.24) is 9.38 Å². The van der Waals surface area contributed by atoms with Gasteiger partial charge in [-0.15, -0.1) is 0 Å². The van der Waals surface area contributed by atoms with Crippen molar-refractivity contribution in [3.8, 4) is 5.75 Å². The van der Waals surface area contributed by atoms with Crippen molar-refractivity contribution in [3.63, 3.8) is 0 Å². The molecule has 0 aliphatic rings. The topological polar surface area (TPSA) is 101 Å². The maximum absolute atomic E-state index is 12.6. The first kappa shape index (κ1) is 17.9. The zero-order valence-corrected chi connectivity index (χ0v) is 15.4. The van der Waals surface area contributed by atoms with Crippen molar-refractivity contribution in [2.75, 3.05) is 11.4 Å². The van der Waals surface area contributed by atoms with E-state index in [0.29, 0.717) is 17.8 Å². The molecule has 0 unspecified atom stereocenters. The van der Waals surface area contributed by atoms with Crippen LogP contribution in [-0.4, -0.2) is 26.0 Å². The lowest BCUT2D eigenvalue weighted by atomic mass is 10.2. The van der Waals surface area contributed by atoms with Crippen LogP contribution in [0.1, 0.15) is 12.5 Å². The van der Waals surface area contributed by atoms with Gasteiger partial charge in [0.05, 0.1) is 4.92 Å². The smallest absolute Gasteiger partial charge is 0.376 e. The second-order valence-electron chi connectivity index (χ2n) is 5.56. The van der Waals surface area contributed by atoms with Gasteiger partial charge in [0.2, 0.25) is 5.82 Å². The Morgan fingerprint density at radius 2 is 2.12 bits per heavy atom. The number of halogens is 1. The third kappa shape index (κ3) is 3.25. The maximum atomic E-state index is 12.6. The molecule has 0 spiro atoms. The predicted octanol–water partition coefficient (Wildman–Crippen LogP) is 3.10. The Kier molecular flexibility index (Phi) is 4.90. The van der Waals surface area contributed by atoms with Crippen LogP contribution in [0.3, 0.4) is 0 Å². The van der Waals surface area contributed by atoms with Crippen LogP contribution in [0.5, 0.6) is 5.75 Å². The second-order valence-corrected chi connectivity index (χ2v) is 6.48. The summed E-state index contributed by atoms with van der Waals surface area (Å²) in [5, 5.41) is 21.6. The number of fused-ring (bicyclic) bond motifs is 1. The monoisotopic (exact) mass is 418 g/mol. The van der Waals surface area contributed by atoms with E-state index in [1.54, 1.807) is 42.2 Å². The van der Waals surface area contributed by atoms with E-state index in [0.717, 1.165) is 8.87 Å². The number of hydrogen-bond donors (Lipinski definition) is 1. The molecule has 1 aromatic carbocycles. The SMILES string of the molecule is CCN(Cc1cc(Br)ccc1O)c1nc2ccccn2c(=O)c1[N+](=O)[O-]. The molecule has 3 rings (SSSR count). The molecule has 0 amide bonds. The largest absolute Gasteiger partial charge is 0.508 e. The summed E-state index contributed by atoms with van der Waals surface area (Å²) < 4.78 is 1.91. The van der Waals surface area contributed by atoms with Gasteiger partial charge in [-0.3, -0.25) is 19.3 Å². The van der Waals surface area contributed by atoms with Crippen LogP contribution in [0.15, 0.2) is 51.9 Å². The molecule has 134 valence electrons. The fourth-order valence-electron chi connectivity index (χ4n) is 2.67. The van der Waals surface area contributed by atoms with Gasteiger partial charge >= 0.3 is 11.2 Å². The molecule has 0 saturated carbocycles. The quantitative estimate of drug-likeness (QED) is 0.504. The number of nitrogens with zero attached hydrogens (tertiary/aromatic N) is 4. The number of phenolic OH excluding ortho intramolecular Hbond substituents is 1. The van der Waals surface area contributed by atoms with Crippen LogP contribution in [0.2, 0.25) is 0 Å². The van der Waals surface area contributed by atoms with Crippen molar-refractivity contribution in [2.24, 2.45) is 0 Å². The summed E-state index contributed by atoms with van der Waals surface area (Å²) >= 11 is 3.34. The van der Waals surface area contributed by atoms with E-state index in [4.69, 9.17) is 0 Å². The Morgan fingerprint density at radius 1 is 1.35 bits per heavy atom. The lowest BCUT2D eigenvalue weighted by Crippen LogP contribution is -2.29. The molecule has 2 aromatic heterocycles. The van der Waals surface area contributed by atoms with Crippen LogP contribution >= 0.6 is 15.9 Å². The highest BCUT2D eigenvalue weighted by Gasteiger charge is 2.27. The van der Waals surface area contributed by atoms with E-state index in [-0.39, 0.29) is 18.1 Å². The molecular formula is C17H15BrN4O4. The van der Waals surface area contributed by atoms with Gasteiger partial charge in [0.25, 0.3) is 0 Å². The van der Waals surface area contributed by atoms with Gasteiger partial charge < -0.3 is 10.0 Å². The fraction of sp³-hybridized carbons (Fsp3) is 0.176. The molecule has 0 aliphatic carbocycles. The summed E-state index contributed by atoms with van der Waals surface area (Å²) in [6, 6.07) is 9.86. The van der Waals surface area contributed by atoms with E-state index >= 15 is 0 Å². The zero-order valence-electron chi connectivity index (χ0n) is 13.8. The minimum atomic E-state index is -0.743. The first-order valence-corrected chi connectivity index (χ1v) is 8.59. The molecule has 2 heterocycles. The molecule has 0 saturated heterocycles. The van der Waals surface area contributed by atoms with Crippen molar-refractivity contribution in [1.29, 1.82) is 0 Å². The summed E-state index contributed by atoms with van der Waals surface area (Å²) in [5.41, 5.74) is -0.460. The lowest BCUT2D eigenvalue weighted by molar-refractivity contribution is -0.385. The number of aromatic hydroxyl groups is 1. The van der Waals surface area contributed by atoms with Crippen LogP contribution in [0.25, 0.3) is 5.65 Å². The van der Waals surface area contributed by atoms with Crippen molar-refractivity contribution in [2.45, 2.75) is 13.5 Å². The molecule has 8 nitrogen and oxygen atoms in total. The molecule has 26 heavy (non-hydrogen) atoms. The van der Waals surface area contributed by atoms with Gasteiger partial charge in [-0.2, -0.15) is 0 Å². The number of benzene rings is 1. The summed E-state index contributed by atoms with van der Waals surface area (Å²) in [7, 11) is 0. The average molecular weight is 419 g/mol. The molecule has 0 bridgehead atoms. The molecule has 0 aliphatic heterocycles. The van der Waals surface area contributed by atoms with Gasteiger partial charge in [0, 0.05) is 29.3 Å². The van der Waals surface area contributed by atoms with Gasteiger partial charge in [0.1, 0.15) is 11.4 Å². The summed E-state index contributed by atoms with van der Waals surface area (Å²) in [4.78, 5) is 29.3. The first-order chi connectivity index (χ1) is 12.4. The Hall–Kier alpha value is -2.94. The van der Waals surface area contributed by atoms with E-state index in [1.807, 2.05) is 0 Å². The Labute approximate surface area is 156 Å². The van der Waals surface area contributed by atoms with Gasteiger partial charge in [-0.1, -0.05) is 22.0 Å². The highest BCUT2D eigenvalue weighted by Crippen LogP contribution is 2.28. The number of phenols is 1. The molecule has 3 aromatic rings. The van der Waals surface area contributed by atoms with Crippen LogP contribution in [0.4, 0.5) is 11.5 Å². The van der Waals surface area contributed by atoms with Crippen molar-refractivity contribution in [3.05, 3.63) is 73.1 Å². The molecule has 1 N–H and O–H groups in total. The molecular weight excluding hydrogens is 404 g/mol. The second kappa shape index (κ2) is 7.12. The minimum absolute atomic E-state index is 0.0203. The minimum Gasteiger partial charge on any atom is -0.508 e. The number of anilines is 1. The maximum Gasteiger partial charge on any atom is 0.376 e. The average Bonchev–Trinajstić information content (AvgIpc) is 2.62. The predicted molar refractivity (Wildman–Crippen MR) is 101 cm³/mol. The fourth-order valence-corrected chi connectivity index (χ4v) is 3.08. The van der Waals surface area contributed by atoms with Crippen LogP contribution in [0, 0.1) is 10.1 Å². The third-order valence-corrected chi connectivity index (χ3v) is 4.45. The highest BCUT2D eigenvalue weighted by atomic mass is 79.9. The van der Waals surface area contributed by atoms with E-state index < -0.39 is 16.2 Å². The standard InChI is InChI=1S/C17H15BrN4O4/c1-2-20(10-11-9-12(18)6-7-13(11)23)16-15(22(25)26)17(24)21-8-4-3-5-14(21)19-16/h3-9,23H,2,10H2,1H3. The lowest BCUT2D eigenvalue weighted by Gasteiger charge is -2.22. The normalized spacial score (nSPS) is 10.8. The van der Waals surface area contributed by atoms with E-state index in [1.165, 1.54) is 12.3 Å². The molecule has 0 fully saturated rings. The van der Waals surface area contributed by atoms with Gasteiger partial charge in [-0.05, 0) is 37.3 Å². The molecule has 9 heteroatoms. The number of rotatable bonds is 5. The Bertz CT molecular complexity index is 1050. The van der Waals surface area contributed by atoms with E-state index in [2.05, 4.69) is 20.9 Å². The van der Waals surface area contributed by atoms with Gasteiger partial charge in [-0.25, -0.2) is 4.98 Å². The first-order valence-electron chi connectivity index (χ1n) is 7.80. The zero-order chi connectivity index (χ0) is 18.8. The van der Waals surface area contributed by atoms with Gasteiger partial charge in [0.15, 0.2) is 0 Å². The number of nitro groups is 1. The van der Waals surface area contributed by atoms with Crippen molar-refractivity contribution < 1.29 is 10.0 Å². The number of pyridine rings is 1.